The minimum absolute atomic E-state index is 0.0541. The van der Waals surface area contributed by atoms with Gasteiger partial charge in [-0.3, -0.25) is 24.6 Å². The summed E-state index contributed by atoms with van der Waals surface area (Å²) in [6, 6.07) is 15.9. The third-order valence-corrected chi connectivity index (χ3v) is 7.32. The van der Waals surface area contributed by atoms with Crippen LogP contribution >= 0.6 is 0 Å². The Bertz CT molecular complexity index is 1410. The van der Waals surface area contributed by atoms with Crippen LogP contribution in [0.2, 0.25) is 0 Å². The lowest BCUT2D eigenvalue weighted by Gasteiger charge is -2.31. The smallest absolute Gasteiger partial charge is 0.416 e. The summed E-state index contributed by atoms with van der Waals surface area (Å²) in [6.45, 7) is -0.852. The minimum atomic E-state index is -4.65. The summed E-state index contributed by atoms with van der Waals surface area (Å²) < 4.78 is 40.3. The van der Waals surface area contributed by atoms with Crippen LogP contribution in [0.25, 0.3) is 10.8 Å². The van der Waals surface area contributed by atoms with Crippen molar-refractivity contribution in [1.82, 2.24) is 10.2 Å². The number of aliphatic carboxylic acids is 1. The molecule has 4 atom stereocenters. The Balaban J connectivity index is 1.63. The largest absolute Gasteiger partial charge is 0.480 e. The highest BCUT2D eigenvalue weighted by Gasteiger charge is 2.68. The van der Waals surface area contributed by atoms with Crippen molar-refractivity contribution in [2.45, 2.75) is 24.2 Å². The summed E-state index contributed by atoms with van der Waals surface area (Å²) in [5, 5.41) is 24.6. The maximum Gasteiger partial charge on any atom is 0.416 e. The molecule has 2 heterocycles. The molecule has 2 amide bonds. The van der Waals surface area contributed by atoms with Crippen molar-refractivity contribution in [2.75, 3.05) is 13.2 Å². The fraction of sp³-hybridized carbons (Fsp3) is 0.296. The monoisotopic (exact) mass is 512 g/mol. The molecular formula is C27H23F3N2O5. The number of fused-ring (bicyclic) bond motifs is 2. The maximum atomic E-state index is 13.4. The normalized spacial score (nSPS) is 25.6. The summed E-state index contributed by atoms with van der Waals surface area (Å²) in [4.78, 5) is 40.4. The second-order valence-electron chi connectivity index (χ2n) is 9.44. The zero-order valence-electron chi connectivity index (χ0n) is 19.4. The first kappa shape index (κ1) is 24.9. The Morgan fingerprint density at radius 3 is 2.38 bits per heavy atom. The number of likely N-dealkylation sites (tertiary alicyclic amines) is 1. The van der Waals surface area contributed by atoms with E-state index in [0.29, 0.717) is 5.56 Å². The van der Waals surface area contributed by atoms with Gasteiger partial charge in [-0.05, 0) is 34.0 Å². The Hall–Kier alpha value is -3.76. The number of carboxylic acids is 1. The van der Waals surface area contributed by atoms with Crippen LogP contribution in [-0.2, 0) is 27.0 Å². The van der Waals surface area contributed by atoms with Crippen molar-refractivity contribution in [3.63, 3.8) is 0 Å². The quantitative estimate of drug-likeness (QED) is 0.438. The number of carbonyl (C=O) groups excluding carboxylic acids is 2. The molecule has 0 radical (unpaired) electrons. The van der Waals surface area contributed by atoms with Crippen molar-refractivity contribution < 1.29 is 37.8 Å². The fourth-order valence-corrected chi connectivity index (χ4v) is 5.68. The van der Waals surface area contributed by atoms with Crippen molar-refractivity contribution in [3.05, 3.63) is 83.4 Å². The first-order chi connectivity index (χ1) is 17.6. The molecule has 2 aliphatic heterocycles. The summed E-state index contributed by atoms with van der Waals surface area (Å²) in [7, 11) is 0. The molecule has 2 fully saturated rings. The number of hydrogen-bond donors (Lipinski definition) is 3. The lowest BCUT2D eigenvalue weighted by atomic mass is 9.76. The molecule has 7 nitrogen and oxygen atoms in total. The van der Waals surface area contributed by atoms with Gasteiger partial charge in [0.2, 0.25) is 11.8 Å². The lowest BCUT2D eigenvalue weighted by molar-refractivity contribution is -0.151. The number of amides is 2. The number of aliphatic hydroxyl groups is 1. The van der Waals surface area contributed by atoms with E-state index in [4.69, 9.17) is 0 Å². The van der Waals surface area contributed by atoms with Crippen molar-refractivity contribution in [2.24, 2.45) is 11.8 Å². The van der Waals surface area contributed by atoms with Gasteiger partial charge in [-0.15, -0.1) is 0 Å². The van der Waals surface area contributed by atoms with Gasteiger partial charge in [0.25, 0.3) is 0 Å². The third kappa shape index (κ3) is 4.06. The lowest BCUT2D eigenvalue weighted by Crippen LogP contribution is -2.57. The van der Waals surface area contributed by atoms with E-state index in [1.165, 1.54) is 12.1 Å². The summed E-state index contributed by atoms with van der Waals surface area (Å²) >= 11 is 0. The van der Waals surface area contributed by atoms with E-state index in [0.717, 1.165) is 27.8 Å². The Morgan fingerprint density at radius 1 is 0.973 bits per heavy atom. The van der Waals surface area contributed by atoms with Crippen LogP contribution in [0.3, 0.4) is 0 Å². The number of β-amino-alcohol motifs (C(OH)–C–C–N with tert-alkyl or cyclic N) is 1. The number of carboxylic acid groups (broad SMARTS) is 1. The number of halogens is 3. The zero-order chi connectivity index (χ0) is 26.5. The van der Waals surface area contributed by atoms with Crippen molar-refractivity contribution in [1.29, 1.82) is 0 Å². The van der Waals surface area contributed by atoms with Crippen LogP contribution in [0.15, 0.2) is 66.7 Å². The highest BCUT2D eigenvalue weighted by molar-refractivity contribution is 6.09. The molecule has 3 aromatic rings. The van der Waals surface area contributed by atoms with Gasteiger partial charge in [0, 0.05) is 12.5 Å². The zero-order valence-corrected chi connectivity index (χ0v) is 19.4. The van der Waals surface area contributed by atoms with Gasteiger partial charge in [0.05, 0.1) is 30.6 Å². The van der Waals surface area contributed by atoms with Gasteiger partial charge in [0.15, 0.2) is 0 Å². The van der Waals surface area contributed by atoms with Gasteiger partial charge in [-0.25, -0.2) is 0 Å². The maximum absolute atomic E-state index is 13.4. The SMILES string of the molecule is O=C1C2C(c3cccc(C(F)(F)F)c3)NC(Cc3ccc4ccccc4c3)(C(=O)O)C2C(=O)N1CCO. The van der Waals surface area contributed by atoms with Crippen LogP contribution in [0, 0.1) is 11.8 Å². The number of aliphatic hydroxyl groups excluding tert-OH is 1. The summed E-state index contributed by atoms with van der Waals surface area (Å²) in [5.74, 6) is -5.51. The summed E-state index contributed by atoms with van der Waals surface area (Å²) in [6.07, 6.45) is -4.84. The molecule has 0 aromatic heterocycles. The van der Waals surface area contributed by atoms with Crippen LogP contribution in [0.1, 0.15) is 22.7 Å². The molecule has 3 N–H and O–H groups in total. The van der Waals surface area contributed by atoms with Crippen LogP contribution in [-0.4, -0.2) is 51.6 Å². The van der Waals surface area contributed by atoms with Gasteiger partial charge in [-0.2, -0.15) is 13.2 Å². The molecule has 5 rings (SSSR count). The first-order valence-corrected chi connectivity index (χ1v) is 11.7. The number of alkyl halides is 3. The number of nitrogens with one attached hydrogen (secondary N) is 1. The standard InChI is InChI=1S/C27H23F3N2O5/c28-27(29,30)19-7-3-6-18(13-19)22-20-21(24(35)32(10-11-33)23(20)34)26(31-22,25(36)37)14-15-8-9-16-4-1-2-5-17(16)12-15/h1-9,12-13,20-22,31,33H,10-11,14H2,(H,36,37). The van der Waals surface area contributed by atoms with E-state index in [-0.39, 0.29) is 18.5 Å². The van der Waals surface area contributed by atoms with E-state index in [2.05, 4.69) is 5.32 Å². The highest BCUT2D eigenvalue weighted by Crippen LogP contribution is 2.50. The molecule has 37 heavy (non-hydrogen) atoms. The third-order valence-electron chi connectivity index (χ3n) is 7.32. The Labute approximate surface area is 209 Å². The molecule has 2 aliphatic rings. The van der Waals surface area contributed by atoms with Crippen LogP contribution < -0.4 is 5.32 Å². The van der Waals surface area contributed by atoms with E-state index in [1.807, 2.05) is 30.3 Å². The molecule has 3 aromatic carbocycles. The Morgan fingerprint density at radius 2 is 1.70 bits per heavy atom. The van der Waals surface area contributed by atoms with Gasteiger partial charge in [0.1, 0.15) is 5.54 Å². The predicted molar refractivity (Wildman–Crippen MR) is 126 cm³/mol. The van der Waals surface area contributed by atoms with Gasteiger partial charge >= 0.3 is 12.1 Å². The second kappa shape index (κ2) is 8.97. The first-order valence-electron chi connectivity index (χ1n) is 11.7. The molecule has 0 spiro atoms. The van der Waals surface area contributed by atoms with Crippen LogP contribution in [0.4, 0.5) is 13.2 Å². The average Bonchev–Trinajstić information content (AvgIpc) is 3.34. The van der Waals surface area contributed by atoms with Crippen molar-refractivity contribution >= 4 is 28.6 Å². The fourth-order valence-electron chi connectivity index (χ4n) is 5.68. The molecule has 4 unspecified atom stereocenters. The molecule has 192 valence electrons. The van der Waals surface area contributed by atoms with Crippen LogP contribution in [0.5, 0.6) is 0 Å². The Kier molecular flexibility index (Phi) is 6.04. The number of rotatable bonds is 6. The summed E-state index contributed by atoms with van der Waals surface area (Å²) in [5.41, 5.74) is -2.28. The molecule has 10 heteroatoms. The van der Waals surface area contributed by atoms with E-state index < -0.39 is 59.5 Å². The van der Waals surface area contributed by atoms with E-state index in [1.54, 1.807) is 12.1 Å². The second-order valence-corrected chi connectivity index (χ2v) is 9.44. The topological polar surface area (TPSA) is 107 Å². The van der Waals surface area contributed by atoms with Gasteiger partial charge < -0.3 is 10.2 Å². The molecule has 0 saturated carbocycles. The van der Waals surface area contributed by atoms with Crippen molar-refractivity contribution in [3.8, 4) is 0 Å². The number of benzene rings is 3. The number of nitrogens with zero attached hydrogens (tertiary/aromatic N) is 1. The molecule has 2 saturated heterocycles. The van der Waals surface area contributed by atoms with Gasteiger partial charge in [-0.1, -0.05) is 54.6 Å². The molecule has 0 aliphatic carbocycles. The molecular weight excluding hydrogens is 489 g/mol. The predicted octanol–water partition coefficient (Wildman–Crippen LogP) is 3.16. The average molecular weight is 512 g/mol. The number of carbonyl (C=O) groups is 3. The highest BCUT2D eigenvalue weighted by atomic mass is 19.4. The minimum Gasteiger partial charge on any atom is -0.480 e. The number of hydrogen-bond acceptors (Lipinski definition) is 5. The number of imide groups is 1. The van der Waals surface area contributed by atoms with E-state index >= 15 is 0 Å². The van der Waals surface area contributed by atoms with E-state index in [9.17, 15) is 37.8 Å². The molecule has 0 bridgehead atoms.